The molecule has 1 atom stereocenters. The summed E-state index contributed by atoms with van der Waals surface area (Å²) in [6, 6.07) is 1.40. The first-order valence-corrected chi connectivity index (χ1v) is 7.37. The second-order valence-corrected chi connectivity index (χ2v) is 5.07. The molecule has 0 bridgehead atoms. The van der Waals surface area contributed by atoms with Gasteiger partial charge in [0.15, 0.2) is 0 Å². The highest BCUT2D eigenvalue weighted by atomic mass is 16.6. The molecule has 0 radical (unpaired) electrons. The first kappa shape index (κ1) is 15.3. The Bertz CT molecular complexity index is 741. The molecule has 3 heterocycles. The fourth-order valence-corrected chi connectivity index (χ4v) is 2.41. The number of carbonyl (C=O) groups is 1. The highest BCUT2D eigenvalue weighted by Crippen LogP contribution is 2.09. The average molecular weight is 322 g/mol. The van der Waals surface area contributed by atoms with Crippen LogP contribution in [0, 0.1) is 0 Å². The maximum absolute atomic E-state index is 11.9. The molecule has 1 aliphatic rings. The number of fused-ring (bicyclic) bond motifs is 1. The van der Waals surface area contributed by atoms with Crippen LogP contribution in [0.3, 0.4) is 0 Å². The lowest BCUT2D eigenvalue weighted by Crippen LogP contribution is -2.41. The van der Waals surface area contributed by atoms with Crippen LogP contribution in [0.1, 0.15) is 6.92 Å². The number of ether oxygens (including phenoxy) is 2. The number of aromatic nitrogens is 4. The van der Waals surface area contributed by atoms with Gasteiger partial charge < -0.3 is 19.7 Å². The number of hydrogen-bond donors (Lipinski definition) is 2. The zero-order valence-electron chi connectivity index (χ0n) is 12.7. The monoisotopic (exact) mass is 322 g/mol. The lowest BCUT2D eigenvalue weighted by atomic mass is 10.3. The van der Waals surface area contributed by atoms with Crippen molar-refractivity contribution in [3.8, 4) is 0 Å². The van der Waals surface area contributed by atoms with E-state index in [0.717, 1.165) is 0 Å². The van der Waals surface area contributed by atoms with Gasteiger partial charge in [-0.1, -0.05) is 0 Å². The molecular weight excluding hydrogens is 304 g/mol. The zero-order valence-corrected chi connectivity index (χ0v) is 12.7. The Morgan fingerprint density at radius 1 is 1.61 bits per heavy atom. The van der Waals surface area contributed by atoms with Crippen LogP contribution in [-0.2, 0) is 9.47 Å². The number of carbonyl (C=O) groups excluding carboxylic acids is 1. The summed E-state index contributed by atoms with van der Waals surface area (Å²) < 4.78 is 12.0. The molecule has 23 heavy (non-hydrogen) atoms. The van der Waals surface area contributed by atoms with Crippen molar-refractivity contribution in [2.24, 2.45) is 0 Å². The standard InChI is InChI=1S/C13H18N6O4/c1-2-23-13(21)18-5-6-22-8-9(7-18)15-12-17-16-11(20)10-3-4-14-19(10)12/h3-4,9H,2,5-8H2,1H3,(H,15,17)(H,16,20). The van der Waals surface area contributed by atoms with Crippen molar-refractivity contribution >= 4 is 17.6 Å². The molecule has 3 rings (SSSR count). The quantitative estimate of drug-likeness (QED) is 0.796. The molecular formula is C13H18N6O4. The molecule has 0 saturated carbocycles. The first-order chi connectivity index (χ1) is 11.2. The maximum atomic E-state index is 11.9. The normalized spacial score (nSPS) is 18.7. The molecule has 1 saturated heterocycles. The summed E-state index contributed by atoms with van der Waals surface area (Å²) in [5.74, 6) is 0.379. The van der Waals surface area contributed by atoms with Gasteiger partial charge in [0.25, 0.3) is 5.56 Å². The summed E-state index contributed by atoms with van der Waals surface area (Å²) >= 11 is 0. The fourth-order valence-electron chi connectivity index (χ4n) is 2.41. The molecule has 1 unspecified atom stereocenters. The van der Waals surface area contributed by atoms with E-state index < -0.39 is 0 Å². The van der Waals surface area contributed by atoms with Crippen molar-refractivity contribution in [1.29, 1.82) is 0 Å². The van der Waals surface area contributed by atoms with Crippen molar-refractivity contribution in [1.82, 2.24) is 24.7 Å². The third kappa shape index (κ3) is 3.26. The highest BCUT2D eigenvalue weighted by Gasteiger charge is 2.24. The van der Waals surface area contributed by atoms with Gasteiger partial charge in [0.1, 0.15) is 5.52 Å². The second-order valence-electron chi connectivity index (χ2n) is 5.07. The van der Waals surface area contributed by atoms with Crippen molar-refractivity contribution in [2.75, 3.05) is 38.2 Å². The Hall–Kier alpha value is -2.62. The van der Waals surface area contributed by atoms with Gasteiger partial charge in [-0.15, -0.1) is 5.10 Å². The van der Waals surface area contributed by atoms with Gasteiger partial charge in [-0.05, 0) is 13.0 Å². The summed E-state index contributed by atoms with van der Waals surface area (Å²) in [6.45, 7) is 3.80. The number of hydrogen-bond acceptors (Lipinski definition) is 7. The lowest BCUT2D eigenvalue weighted by Gasteiger charge is -2.23. The Balaban J connectivity index is 1.77. The second kappa shape index (κ2) is 6.65. The molecule has 10 nitrogen and oxygen atoms in total. The van der Waals surface area contributed by atoms with Gasteiger partial charge in [0.2, 0.25) is 5.95 Å². The van der Waals surface area contributed by atoms with E-state index in [4.69, 9.17) is 9.47 Å². The topological polar surface area (TPSA) is 114 Å². The SMILES string of the molecule is CCOC(=O)N1CCOCC(Nc2n[nH]c(=O)c3ccnn23)C1. The summed E-state index contributed by atoms with van der Waals surface area (Å²) in [6.07, 6.45) is 1.15. The fraction of sp³-hybridized carbons (Fsp3) is 0.538. The van der Waals surface area contributed by atoms with E-state index in [1.165, 1.54) is 10.7 Å². The molecule has 124 valence electrons. The number of nitrogens with zero attached hydrogens (tertiary/aromatic N) is 4. The van der Waals surface area contributed by atoms with Crippen LogP contribution in [0.15, 0.2) is 17.1 Å². The smallest absolute Gasteiger partial charge is 0.409 e. The largest absolute Gasteiger partial charge is 0.450 e. The maximum Gasteiger partial charge on any atom is 0.409 e. The van der Waals surface area contributed by atoms with E-state index in [1.54, 1.807) is 17.9 Å². The molecule has 1 aliphatic heterocycles. The summed E-state index contributed by atoms with van der Waals surface area (Å²) in [7, 11) is 0. The molecule has 2 aromatic rings. The van der Waals surface area contributed by atoms with Crippen LogP contribution in [-0.4, -0.2) is 69.8 Å². The minimum Gasteiger partial charge on any atom is -0.450 e. The summed E-state index contributed by atoms with van der Waals surface area (Å²) in [4.78, 5) is 25.1. The van der Waals surface area contributed by atoms with Crippen molar-refractivity contribution in [3.05, 3.63) is 22.6 Å². The molecule has 2 N–H and O–H groups in total. The lowest BCUT2D eigenvalue weighted by molar-refractivity contribution is 0.101. The third-order valence-corrected chi connectivity index (χ3v) is 3.46. The van der Waals surface area contributed by atoms with E-state index in [1.807, 2.05) is 0 Å². The molecule has 0 aliphatic carbocycles. The Kier molecular flexibility index (Phi) is 4.42. The van der Waals surface area contributed by atoms with Gasteiger partial charge in [-0.2, -0.15) is 9.61 Å². The number of anilines is 1. The Morgan fingerprint density at radius 3 is 3.30 bits per heavy atom. The van der Waals surface area contributed by atoms with E-state index >= 15 is 0 Å². The van der Waals surface area contributed by atoms with Gasteiger partial charge >= 0.3 is 6.09 Å². The van der Waals surface area contributed by atoms with Crippen molar-refractivity contribution < 1.29 is 14.3 Å². The van der Waals surface area contributed by atoms with Gasteiger partial charge in [0.05, 0.1) is 32.1 Å². The van der Waals surface area contributed by atoms with E-state index in [2.05, 4.69) is 20.6 Å². The van der Waals surface area contributed by atoms with Crippen molar-refractivity contribution in [3.63, 3.8) is 0 Å². The Morgan fingerprint density at radius 2 is 2.48 bits per heavy atom. The number of nitrogens with one attached hydrogen (secondary N) is 2. The Labute approximate surface area is 131 Å². The van der Waals surface area contributed by atoms with Crippen LogP contribution in [0.2, 0.25) is 0 Å². The van der Waals surface area contributed by atoms with Gasteiger partial charge in [-0.25, -0.2) is 9.89 Å². The molecule has 0 aromatic carbocycles. The number of rotatable bonds is 3. The van der Waals surface area contributed by atoms with Crippen LogP contribution in [0.4, 0.5) is 10.7 Å². The van der Waals surface area contributed by atoms with Crippen LogP contribution >= 0.6 is 0 Å². The first-order valence-electron chi connectivity index (χ1n) is 7.37. The van der Waals surface area contributed by atoms with Gasteiger partial charge in [0, 0.05) is 13.1 Å². The summed E-state index contributed by atoms with van der Waals surface area (Å²) in [5.41, 5.74) is 0.0672. The molecule has 1 fully saturated rings. The summed E-state index contributed by atoms with van der Waals surface area (Å²) in [5, 5.41) is 13.6. The number of amides is 1. The van der Waals surface area contributed by atoms with Crippen molar-refractivity contribution in [2.45, 2.75) is 13.0 Å². The van der Waals surface area contributed by atoms with Crippen LogP contribution < -0.4 is 10.9 Å². The third-order valence-electron chi connectivity index (χ3n) is 3.46. The minimum absolute atomic E-state index is 0.201. The zero-order chi connectivity index (χ0) is 16.2. The molecule has 10 heteroatoms. The van der Waals surface area contributed by atoms with Crippen LogP contribution in [0.25, 0.3) is 5.52 Å². The average Bonchev–Trinajstić information content (AvgIpc) is 2.92. The van der Waals surface area contributed by atoms with Gasteiger partial charge in [-0.3, -0.25) is 4.79 Å². The molecule has 1 amide bonds. The van der Waals surface area contributed by atoms with E-state index in [-0.39, 0.29) is 17.7 Å². The number of aromatic amines is 1. The van der Waals surface area contributed by atoms with Crippen LogP contribution in [0.5, 0.6) is 0 Å². The molecule has 2 aromatic heterocycles. The molecule has 0 spiro atoms. The number of H-pyrrole nitrogens is 1. The predicted molar refractivity (Wildman–Crippen MR) is 80.4 cm³/mol. The predicted octanol–water partition coefficient (Wildman–Crippen LogP) is -0.313. The van der Waals surface area contributed by atoms with E-state index in [0.29, 0.717) is 44.4 Å². The minimum atomic E-state index is -0.372. The highest BCUT2D eigenvalue weighted by molar-refractivity contribution is 5.67. The van der Waals surface area contributed by atoms with E-state index in [9.17, 15) is 9.59 Å².